The summed E-state index contributed by atoms with van der Waals surface area (Å²) in [7, 11) is 0. The van der Waals surface area contributed by atoms with Crippen molar-refractivity contribution in [1.82, 2.24) is 15.3 Å². The first-order chi connectivity index (χ1) is 13.5. The quantitative estimate of drug-likeness (QED) is 0.716. The normalized spacial score (nSPS) is 13.7. The van der Waals surface area contributed by atoms with Crippen LogP contribution in [0.15, 0.2) is 30.6 Å². The summed E-state index contributed by atoms with van der Waals surface area (Å²) < 4.78 is 16.1. The van der Waals surface area contributed by atoms with E-state index in [-0.39, 0.29) is 23.5 Å². The molecule has 2 aromatic rings. The number of amides is 1. The second-order valence-corrected chi connectivity index (χ2v) is 6.56. The van der Waals surface area contributed by atoms with Crippen molar-refractivity contribution in [3.63, 3.8) is 0 Å². The highest BCUT2D eigenvalue weighted by Crippen LogP contribution is 2.34. The van der Waals surface area contributed by atoms with Crippen LogP contribution in [0.5, 0.6) is 11.5 Å². The SMILES string of the molecule is CC(C)C(NC(=O)COC(=O)c1nccnc1N)c1ccc2c(c1)OCCO2. The number of hydrogen-bond acceptors (Lipinski definition) is 8. The van der Waals surface area contributed by atoms with E-state index in [0.29, 0.717) is 24.7 Å². The van der Waals surface area contributed by atoms with Gasteiger partial charge in [-0.15, -0.1) is 0 Å². The molecule has 0 saturated carbocycles. The molecule has 1 amide bonds. The van der Waals surface area contributed by atoms with E-state index in [0.717, 1.165) is 5.56 Å². The molecule has 28 heavy (non-hydrogen) atoms. The molecule has 9 heteroatoms. The fourth-order valence-electron chi connectivity index (χ4n) is 2.81. The van der Waals surface area contributed by atoms with Crippen LogP contribution in [0.1, 0.15) is 35.9 Å². The molecule has 1 aliphatic rings. The predicted molar refractivity (Wildman–Crippen MR) is 99.9 cm³/mol. The van der Waals surface area contributed by atoms with Gasteiger partial charge in [0.2, 0.25) is 0 Å². The molecule has 9 nitrogen and oxygen atoms in total. The minimum atomic E-state index is -0.804. The maximum atomic E-state index is 12.3. The van der Waals surface area contributed by atoms with Crippen LogP contribution in [-0.2, 0) is 9.53 Å². The maximum Gasteiger partial charge on any atom is 0.361 e. The molecule has 3 rings (SSSR count). The fraction of sp³-hybridized carbons (Fsp3) is 0.368. The van der Waals surface area contributed by atoms with Crippen molar-refractivity contribution in [2.24, 2.45) is 5.92 Å². The molecule has 0 saturated heterocycles. The Labute approximate surface area is 162 Å². The first-order valence-electron chi connectivity index (χ1n) is 8.88. The van der Waals surface area contributed by atoms with Crippen LogP contribution < -0.4 is 20.5 Å². The number of aromatic nitrogens is 2. The van der Waals surface area contributed by atoms with Crippen LogP contribution in [0.25, 0.3) is 0 Å². The van der Waals surface area contributed by atoms with Crippen molar-refractivity contribution >= 4 is 17.7 Å². The van der Waals surface area contributed by atoms with Crippen molar-refractivity contribution < 1.29 is 23.8 Å². The highest BCUT2D eigenvalue weighted by atomic mass is 16.6. The number of fused-ring (bicyclic) bond motifs is 1. The Morgan fingerprint density at radius 1 is 1.18 bits per heavy atom. The summed E-state index contributed by atoms with van der Waals surface area (Å²) in [6.07, 6.45) is 2.68. The lowest BCUT2D eigenvalue weighted by molar-refractivity contribution is -0.125. The van der Waals surface area contributed by atoms with E-state index in [4.69, 9.17) is 19.9 Å². The number of anilines is 1. The second kappa shape index (κ2) is 8.55. The number of carbonyl (C=O) groups excluding carboxylic acids is 2. The number of benzene rings is 1. The zero-order valence-electron chi connectivity index (χ0n) is 15.7. The fourth-order valence-corrected chi connectivity index (χ4v) is 2.81. The van der Waals surface area contributed by atoms with Gasteiger partial charge in [0.05, 0.1) is 6.04 Å². The van der Waals surface area contributed by atoms with E-state index in [1.807, 2.05) is 32.0 Å². The van der Waals surface area contributed by atoms with Gasteiger partial charge in [-0.25, -0.2) is 14.8 Å². The highest BCUT2D eigenvalue weighted by Gasteiger charge is 2.22. The number of carbonyl (C=O) groups is 2. The molecule has 1 unspecified atom stereocenters. The van der Waals surface area contributed by atoms with Gasteiger partial charge in [0.1, 0.15) is 13.2 Å². The third kappa shape index (κ3) is 4.48. The van der Waals surface area contributed by atoms with E-state index in [2.05, 4.69) is 15.3 Å². The van der Waals surface area contributed by atoms with Crippen LogP contribution >= 0.6 is 0 Å². The Morgan fingerprint density at radius 2 is 1.89 bits per heavy atom. The van der Waals surface area contributed by atoms with Gasteiger partial charge in [0, 0.05) is 12.4 Å². The molecular formula is C19H22N4O5. The number of nitrogens with two attached hydrogens (primary N) is 1. The van der Waals surface area contributed by atoms with Gasteiger partial charge >= 0.3 is 5.97 Å². The van der Waals surface area contributed by atoms with Gasteiger partial charge < -0.3 is 25.3 Å². The summed E-state index contributed by atoms with van der Waals surface area (Å²) in [5, 5.41) is 2.88. The minimum absolute atomic E-state index is 0.0516. The molecule has 0 aliphatic carbocycles. The van der Waals surface area contributed by atoms with Gasteiger partial charge in [-0.1, -0.05) is 19.9 Å². The minimum Gasteiger partial charge on any atom is -0.486 e. The molecule has 0 fully saturated rings. The maximum absolute atomic E-state index is 12.3. The van der Waals surface area contributed by atoms with Crippen molar-refractivity contribution in [1.29, 1.82) is 0 Å². The number of nitrogen functional groups attached to an aromatic ring is 1. The topological polar surface area (TPSA) is 126 Å². The molecule has 1 atom stereocenters. The smallest absolute Gasteiger partial charge is 0.361 e. The number of nitrogens with one attached hydrogen (secondary N) is 1. The van der Waals surface area contributed by atoms with Crippen molar-refractivity contribution in [3.8, 4) is 11.5 Å². The molecule has 0 spiro atoms. The molecule has 0 bridgehead atoms. The van der Waals surface area contributed by atoms with Crippen LogP contribution in [-0.4, -0.2) is 41.7 Å². The average molecular weight is 386 g/mol. The van der Waals surface area contributed by atoms with Gasteiger partial charge in [-0.2, -0.15) is 0 Å². The summed E-state index contributed by atoms with van der Waals surface area (Å²) in [5.74, 6) is 0.125. The summed E-state index contributed by atoms with van der Waals surface area (Å²) in [4.78, 5) is 31.9. The van der Waals surface area contributed by atoms with E-state index < -0.39 is 18.5 Å². The highest BCUT2D eigenvalue weighted by molar-refractivity contribution is 5.93. The third-order valence-corrected chi connectivity index (χ3v) is 4.16. The third-order valence-electron chi connectivity index (χ3n) is 4.16. The molecular weight excluding hydrogens is 364 g/mol. The lowest BCUT2D eigenvalue weighted by atomic mass is 9.95. The Morgan fingerprint density at radius 3 is 2.61 bits per heavy atom. The van der Waals surface area contributed by atoms with Crippen molar-refractivity contribution in [3.05, 3.63) is 41.9 Å². The summed E-state index contributed by atoms with van der Waals surface area (Å²) in [5.41, 5.74) is 6.33. The van der Waals surface area contributed by atoms with Gasteiger partial charge in [-0.05, 0) is 23.6 Å². The Bertz CT molecular complexity index is 871. The van der Waals surface area contributed by atoms with Crippen molar-refractivity contribution in [2.75, 3.05) is 25.6 Å². The number of nitrogens with zero attached hydrogens (tertiary/aromatic N) is 2. The first-order valence-corrected chi connectivity index (χ1v) is 8.88. The van der Waals surface area contributed by atoms with Gasteiger partial charge in [-0.3, -0.25) is 4.79 Å². The molecule has 0 radical (unpaired) electrons. The zero-order chi connectivity index (χ0) is 20.1. The number of hydrogen-bond donors (Lipinski definition) is 2. The van der Waals surface area contributed by atoms with Crippen LogP contribution in [0, 0.1) is 5.92 Å². The molecule has 1 aromatic carbocycles. The van der Waals surface area contributed by atoms with Gasteiger partial charge in [0.25, 0.3) is 5.91 Å². The van der Waals surface area contributed by atoms with Gasteiger partial charge in [0.15, 0.2) is 29.6 Å². The standard InChI is InChI=1S/C19H22N4O5/c1-11(2)16(12-3-4-13-14(9-12)27-8-7-26-13)23-15(24)10-28-19(25)17-18(20)22-6-5-21-17/h3-6,9,11,16H,7-8,10H2,1-2H3,(H2,20,22)(H,23,24). The van der Waals surface area contributed by atoms with Crippen LogP contribution in [0.3, 0.4) is 0 Å². The first kappa shape index (κ1) is 19.4. The van der Waals surface area contributed by atoms with E-state index >= 15 is 0 Å². The molecule has 148 valence electrons. The van der Waals surface area contributed by atoms with Crippen molar-refractivity contribution in [2.45, 2.75) is 19.9 Å². The lowest BCUT2D eigenvalue weighted by Crippen LogP contribution is -2.35. The Hall–Kier alpha value is -3.36. The largest absolute Gasteiger partial charge is 0.486 e. The molecule has 1 aliphatic heterocycles. The molecule has 2 heterocycles. The number of ether oxygens (including phenoxy) is 3. The monoisotopic (exact) mass is 386 g/mol. The zero-order valence-corrected chi connectivity index (χ0v) is 15.7. The number of esters is 1. The van der Waals surface area contributed by atoms with E-state index in [1.54, 1.807) is 0 Å². The predicted octanol–water partition coefficient (Wildman–Crippen LogP) is 1.50. The molecule has 1 aromatic heterocycles. The van der Waals surface area contributed by atoms with Crippen LogP contribution in [0.2, 0.25) is 0 Å². The summed E-state index contributed by atoms with van der Waals surface area (Å²) >= 11 is 0. The second-order valence-electron chi connectivity index (χ2n) is 6.56. The average Bonchev–Trinajstić information content (AvgIpc) is 2.70. The Kier molecular flexibility index (Phi) is 5.93. The Balaban J connectivity index is 1.63. The lowest BCUT2D eigenvalue weighted by Gasteiger charge is -2.25. The number of rotatable bonds is 6. The van der Waals surface area contributed by atoms with E-state index in [9.17, 15) is 9.59 Å². The van der Waals surface area contributed by atoms with E-state index in [1.165, 1.54) is 12.4 Å². The summed E-state index contributed by atoms with van der Waals surface area (Å²) in [6, 6.07) is 5.27. The summed E-state index contributed by atoms with van der Waals surface area (Å²) in [6.45, 7) is 4.50. The molecule has 3 N–H and O–H groups in total. The van der Waals surface area contributed by atoms with Crippen LogP contribution in [0.4, 0.5) is 5.82 Å².